The van der Waals surface area contributed by atoms with Crippen LogP contribution in [0.2, 0.25) is 0 Å². The van der Waals surface area contributed by atoms with Crippen LogP contribution in [0, 0.1) is 0 Å². The molecule has 2 aromatic heterocycles. The van der Waals surface area contributed by atoms with Gasteiger partial charge in [-0.05, 0) is 32.3 Å². The summed E-state index contributed by atoms with van der Waals surface area (Å²) in [5.74, 6) is 0.0570. The molecule has 0 aliphatic carbocycles. The lowest BCUT2D eigenvalue weighted by Gasteiger charge is -2.21. The Labute approximate surface area is 159 Å². The van der Waals surface area contributed by atoms with Crippen molar-refractivity contribution in [3.63, 3.8) is 0 Å². The smallest absolute Gasteiger partial charge is 0.246 e. The molecule has 0 aliphatic heterocycles. The first-order valence-electron chi connectivity index (χ1n) is 9.34. The van der Waals surface area contributed by atoms with E-state index in [1.54, 1.807) is 15.9 Å². The fourth-order valence-electron chi connectivity index (χ4n) is 3.05. The third-order valence-electron chi connectivity index (χ3n) is 4.71. The number of unbranched alkanes of at least 4 members (excludes halogenated alkanes) is 2. The molecule has 0 unspecified atom stereocenters. The van der Waals surface area contributed by atoms with E-state index in [-0.39, 0.29) is 11.9 Å². The number of nitrogens with one attached hydrogen (secondary N) is 1. The maximum absolute atomic E-state index is 12.4. The van der Waals surface area contributed by atoms with Crippen LogP contribution < -0.4 is 0 Å². The van der Waals surface area contributed by atoms with Gasteiger partial charge in [0.1, 0.15) is 18.7 Å². The Hall–Kier alpha value is -2.96. The summed E-state index contributed by atoms with van der Waals surface area (Å²) in [6.45, 7) is 2.59. The number of H-pyrrole nitrogens is 1. The molecule has 0 radical (unpaired) electrons. The van der Waals surface area contributed by atoms with Crippen molar-refractivity contribution in [3.8, 4) is 11.3 Å². The summed E-state index contributed by atoms with van der Waals surface area (Å²) in [4.78, 5) is 18.1. The summed E-state index contributed by atoms with van der Waals surface area (Å²) in [6.07, 6.45) is 7.10. The summed E-state index contributed by atoms with van der Waals surface area (Å²) < 4.78 is 1.58. The SMILES string of the molecule is C[C@@H](C(=O)N(C)CCCCCc1cc(-c2ccccc2)n[nH]1)n1cncn1. The fourth-order valence-corrected chi connectivity index (χ4v) is 3.05. The molecule has 2 heterocycles. The van der Waals surface area contributed by atoms with Crippen LogP contribution in [0.25, 0.3) is 11.3 Å². The largest absolute Gasteiger partial charge is 0.344 e. The van der Waals surface area contributed by atoms with E-state index in [0.29, 0.717) is 0 Å². The van der Waals surface area contributed by atoms with E-state index in [1.165, 1.54) is 6.33 Å². The van der Waals surface area contributed by atoms with Gasteiger partial charge in [-0.2, -0.15) is 10.2 Å². The van der Waals surface area contributed by atoms with Gasteiger partial charge < -0.3 is 4.90 Å². The van der Waals surface area contributed by atoms with Crippen molar-refractivity contribution in [2.24, 2.45) is 0 Å². The second-order valence-electron chi connectivity index (χ2n) is 6.77. The number of aromatic nitrogens is 5. The van der Waals surface area contributed by atoms with Crippen molar-refractivity contribution in [1.29, 1.82) is 0 Å². The lowest BCUT2D eigenvalue weighted by molar-refractivity contribution is -0.133. The minimum Gasteiger partial charge on any atom is -0.344 e. The molecule has 0 spiro atoms. The molecule has 1 N–H and O–H groups in total. The predicted octanol–water partition coefficient (Wildman–Crippen LogP) is 3.10. The zero-order valence-electron chi connectivity index (χ0n) is 15.9. The number of benzene rings is 1. The van der Waals surface area contributed by atoms with Gasteiger partial charge >= 0.3 is 0 Å². The van der Waals surface area contributed by atoms with E-state index in [1.807, 2.05) is 32.2 Å². The summed E-state index contributed by atoms with van der Waals surface area (Å²) in [6, 6.07) is 12.0. The van der Waals surface area contributed by atoms with Crippen LogP contribution in [0.1, 0.15) is 37.9 Å². The molecule has 1 atom stereocenters. The van der Waals surface area contributed by atoms with Gasteiger partial charge in [-0.1, -0.05) is 36.8 Å². The highest BCUT2D eigenvalue weighted by atomic mass is 16.2. The average Bonchev–Trinajstić information content (AvgIpc) is 3.39. The summed E-state index contributed by atoms with van der Waals surface area (Å²) in [7, 11) is 1.84. The summed E-state index contributed by atoms with van der Waals surface area (Å²) in [5.41, 5.74) is 3.26. The standard InChI is InChI=1S/C20H26N6O/c1-16(26-15-21-14-22-26)20(27)25(2)12-8-4-7-11-18-13-19(24-23-18)17-9-5-3-6-10-17/h3,5-6,9-10,13-16H,4,7-8,11-12H2,1-2H3,(H,23,24)/t16-/m0/s1. The molecule has 1 amide bonds. The molecule has 0 saturated carbocycles. The first-order valence-corrected chi connectivity index (χ1v) is 9.34. The Morgan fingerprint density at radius 1 is 1.22 bits per heavy atom. The Morgan fingerprint density at radius 3 is 2.78 bits per heavy atom. The monoisotopic (exact) mass is 366 g/mol. The molecule has 0 fully saturated rings. The molecule has 7 heteroatoms. The van der Waals surface area contributed by atoms with Crippen molar-refractivity contribution in [2.45, 2.75) is 38.6 Å². The quantitative estimate of drug-likeness (QED) is 0.590. The van der Waals surface area contributed by atoms with E-state index >= 15 is 0 Å². The minimum absolute atomic E-state index is 0.0570. The van der Waals surface area contributed by atoms with Crippen LogP contribution in [0.4, 0.5) is 0 Å². The third-order valence-corrected chi connectivity index (χ3v) is 4.71. The molecule has 0 bridgehead atoms. The molecular formula is C20H26N6O. The first-order chi connectivity index (χ1) is 13.1. The van der Waals surface area contributed by atoms with Crippen molar-refractivity contribution >= 4 is 5.91 Å². The lowest BCUT2D eigenvalue weighted by atomic mass is 10.1. The first kappa shape index (κ1) is 18.8. The number of rotatable bonds is 9. The number of carbonyl (C=O) groups is 1. The number of aryl methyl sites for hydroxylation is 1. The van der Waals surface area contributed by atoms with Crippen LogP contribution in [0.15, 0.2) is 49.1 Å². The molecule has 0 aliphatic rings. The number of nitrogens with zero attached hydrogens (tertiary/aromatic N) is 5. The van der Waals surface area contributed by atoms with E-state index < -0.39 is 0 Å². The number of aromatic amines is 1. The van der Waals surface area contributed by atoms with Crippen LogP contribution >= 0.6 is 0 Å². The van der Waals surface area contributed by atoms with E-state index in [4.69, 9.17) is 0 Å². The zero-order valence-corrected chi connectivity index (χ0v) is 15.9. The van der Waals surface area contributed by atoms with Gasteiger partial charge in [-0.15, -0.1) is 0 Å². The van der Waals surface area contributed by atoms with Crippen molar-refractivity contribution < 1.29 is 4.79 Å². The van der Waals surface area contributed by atoms with Gasteiger partial charge in [-0.25, -0.2) is 9.67 Å². The second kappa shape index (κ2) is 9.12. The molecule has 3 rings (SSSR count). The minimum atomic E-state index is -0.320. The third kappa shape index (κ3) is 5.03. The van der Waals surface area contributed by atoms with Gasteiger partial charge in [0.2, 0.25) is 5.91 Å². The van der Waals surface area contributed by atoms with E-state index in [9.17, 15) is 4.79 Å². The fraction of sp³-hybridized carbons (Fsp3) is 0.400. The average molecular weight is 366 g/mol. The van der Waals surface area contributed by atoms with Gasteiger partial charge in [0.05, 0.1) is 5.69 Å². The maximum Gasteiger partial charge on any atom is 0.246 e. The van der Waals surface area contributed by atoms with Crippen LogP contribution in [-0.4, -0.2) is 49.4 Å². The molecule has 27 heavy (non-hydrogen) atoms. The number of hydrogen-bond acceptors (Lipinski definition) is 4. The molecule has 3 aromatic rings. The van der Waals surface area contributed by atoms with Gasteiger partial charge in [0, 0.05) is 24.8 Å². The normalized spacial score (nSPS) is 12.1. The van der Waals surface area contributed by atoms with Gasteiger partial charge in [-0.3, -0.25) is 9.89 Å². The molecule has 1 aromatic carbocycles. The van der Waals surface area contributed by atoms with E-state index in [0.717, 1.165) is 49.2 Å². The Balaban J connectivity index is 1.37. The van der Waals surface area contributed by atoms with Crippen molar-refractivity contribution in [1.82, 2.24) is 29.9 Å². The highest BCUT2D eigenvalue weighted by molar-refractivity contribution is 5.79. The number of carbonyl (C=O) groups excluding carboxylic acids is 1. The highest BCUT2D eigenvalue weighted by Crippen LogP contribution is 2.18. The summed E-state index contributed by atoms with van der Waals surface area (Å²) >= 11 is 0. The predicted molar refractivity (Wildman–Crippen MR) is 104 cm³/mol. The zero-order chi connectivity index (χ0) is 19.1. The van der Waals surface area contributed by atoms with Gasteiger partial charge in [0.15, 0.2) is 0 Å². The molecular weight excluding hydrogens is 340 g/mol. The summed E-state index contributed by atoms with van der Waals surface area (Å²) in [5, 5.41) is 11.5. The molecule has 142 valence electrons. The topological polar surface area (TPSA) is 79.7 Å². The maximum atomic E-state index is 12.4. The highest BCUT2D eigenvalue weighted by Gasteiger charge is 2.19. The van der Waals surface area contributed by atoms with Crippen LogP contribution in [-0.2, 0) is 11.2 Å². The second-order valence-corrected chi connectivity index (χ2v) is 6.77. The molecule has 7 nitrogen and oxygen atoms in total. The van der Waals surface area contributed by atoms with Crippen LogP contribution in [0.3, 0.4) is 0 Å². The number of likely N-dealkylation sites (N-methyl/N-ethyl adjacent to an activating group) is 1. The molecule has 0 saturated heterocycles. The van der Waals surface area contributed by atoms with Crippen molar-refractivity contribution in [2.75, 3.05) is 13.6 Å². The number of hydrogen-bond donors (Lipinski definition) is 1. The lowest BCUT2D eigenvalue weighted by Crippen LogP contribution is -2.34. The Morgan fingerprint density at radius 2 is 2.04 bits per heavy atom. The van der Waals surface area contributed by atoms with Gasteiger partial charge in [0.25, 0.3) is 0 Å². The number of amides is 1. The van der Waals surface area contributed by atoms with Crippen molar-refractivity contribution in [3.05, 3.63) is 54.7 Å². The Kier molecular flexibility index (Phi) is 6.35. The Bertz CT molecular complexity index is 827. The van der Waals surface area contributed by atoms with Crippen LogP contribution in [0.5, 0.6) is 0 Å². The van der Waals surface area contributed by atoms with E-state index in [2.05, 4.69) is 38.5 Å².